The summed E-state index contributed by atoms with van der Waals surface area (Å²) in [5.74, 6) is 0.725. The number of aryl methyl sites for hydroxylation is 1. The van der Waals surface area contributed by atoms with Gasteiger partial charge in [0.1, 0.15) is 5.75 Å². The first kappa shape index (κ1) is 10.2. The maximum absolute atomic E-state index is 11.0. The Morgan fingerprint density at radius 1 is 1.33 bits per heavy atom. The third-order valence-corrected chi connectivity index (χ3v) is 3.28. The Kier molecular flexibility index (Phi) is 2.76. The van der Waals surface area contributed by atoms with Gasteiger partial charge in [0.15, 0.2) is 6.29 Å². The van der Waals surface area contributed by atoms with Gasteiger partial charge in [-0.3, -0.25) is 4.79 Å². The largest absolute Gasteiger partial charge is 0.496 e. The molecule has 0 spiro atoms. The molecule has 0 saturated carbocycles. The lowest BCUT2D eigenvalue weighted by Gasteiger charge is -2.20. The molecule has 0 aromatic heterocycles. The average molecular weight is 204 g/mol. The van der Waals surface area contributed by atoms with Crippen molar-refractivity contribution in [2.24, 2.45) is 0 Å². The predicted molar refractivity (Wildman–Crippen MR) is 59.8 cm³/mol. The summed E-state index contributed by atoms with van der Waals surface area (Å²) in [6.07, 6.45) is 5.61. The summed E-state index contributed by atoms with van der Waals surface area (Å²) in [4.78, 5) is 11.0. The van der Waals surface area contributed by atoms with Crippen LogP contribution in [-0.2, 0) is 12.8 Å². The highest BCUT2D eigenvalue weighted by molar-refractivity contribution is 5.83. The summed E-state index contributed by atoms with van der Waals surface area (Å²) in [7, 11) is 1.62. The molecular weight excluding hydrogens is 188 g/mol. The van der Waals surface area contributed by atoms with E-state index in [-0.39, 0.29) is 0 Å². The van der Waals surface area contributed by atoms with Gasteiger partial charge in [0, 0.05) is 0 Å². The van der Waals surface area contributed by atoms with E-state index in [0.717, 1.165) is 36.0 Å². The van der Waals surface area contributed by atoms with Crippen molar-refractivity contribution in [1.29, 1.82) is 0 Å². The van der Waals surface area contributed by atoms with Crippen LogP contribution < -0.4 is 4.74 Å². The number of hydrogen-bond donors (Lipinski definition) is 0. The molecule has 1 aliphatic carbocycles. The van der Waals surface area contributed by atoms with E-state index in [9.17, 15) is 4.79 Å². The molecular formula is C13H16O2. The van der Waals surface area contributed by atoms with Crippen molar-refractivity contribution in [2.75, 3.05) is 7.11 Å². The number of ether oxygens (including phenoxy) is 1. The summed E-state index contributed by atoms with van der Waals surface area (Å²) >= 11 is 0. The molecule has 0 N–H and O–H groups in total. The van der Waals surface area contributed by atoms with Gasteiger partial charge in [-0.1, -0.05) is 0 Å². The molecule has 1 aromatic carbocycles. The smallest absolute Gasteiger partial charge is 0.154 e. The number of benzene rings is 1. The molecule has 0 bridgehead atoms. The first-order chi connectivity index (χ1) is 7.27. The van der Waals surface area contributed by atoms with E-state index in [1.54, 1.807) is 7.11 Å². The molecule has 0 atom stereocenters. The van der Waals surface area contributed by atoms with Gasteiger partial charge < -0.3 is 4.74 Å². The van der Waals surface area contributed by atoms with E-state index in [0.29, 0.717) is 0 Å². The van der Waals surface area contributed by atoms with Crippen LogP contribution in [0.1, 0.15) is 39.9 Å². The second kappa shape index (κ2) is 4.05. The van der Waals surface area contributed by atoms with Crippen molar-refractivity contribution in [1.82, 2.24) is 0 Å². The van der Waals surface area contributed by atoms with Crippen molar-refractivity contribution < 1.29 is 9.53 Å². The minimum absolute atomic E-state index is 0.721. The monoisotopic (exact) mass is 204 g/mol. The lowest BCUT2D eigenvalue weighted by molar-refractivity contribution is 0.112. The molecule has 80 valence electrons. The van der Waals surface area contributed by atoms with Crippen LogP contribution in [-0.4, -0.2) is 13.4 Å². The highest BCUT2D eigenvalue weighted by atomic mass is 16.5. The normalized spacial score (nSPS) is 14.5. The molecule has 2 rings (SSSR count). The van der Waals surface area contributed by atoms with E-state index in [1.165, 1.54) is 24.0 Å². The van der Waals surface area contributed by atoms with Crippen molar-refractivity contribution >= 4 is 6.29 Å². The molecule has 15 heavy (non-hydrogen) atoms. The quantitative estimate of drug-likeness (QED) is 0.692. The predicted octanol–water partition coefficient (Wildman–Crippen LogP) is 2.69. The number of rotatable bonds is 2. The first-order valence-electron chi connectivity index (χ1n) is 5.42. The van der Waals surface area contributed by atoms with Crippen molar-refractivity contribution in [3.63, 3.8) is 0 Å². The van der Waals surface area contributed by atoms with Crippen LogP contribution in [0.2, 0.25) is 0 Å². The van der Waals surface area contributed by atoms with Gasteiger partial charge in [-0.25, -0.2) is 0 Å². The van der Waals surface area contributed by atoms with E-state index in [1.807, 2.05) is 13.0 Å². The molecule has 1 aliphatic rings. The van der Waals surface area contributed by atoms with Gasteiger partial charge in [0.2, 0.25) is 0 Å². The summed E-state index contributed by atoms with van der Waals surface area (Å²) < 4.78 is 5.25. The van der Waals surface area contributed by atoms with E-state index in [2.05, 4.69) is 0 Å². The summed E-state index contributed by atoms with van der Waals surface area (Å²) in [6, 6.07) is 2.03. The Morgan fingerprint density at radius 3 is 2.73 bits per heavy atom. The van der Waals surface area contributed by atoms with Gasteiger partial charge in [0.05, 0.1) is 12.7 Å². The fourth-order valence-corrected chi connectivity index (χ4v) is 2.41. The highest BCUT2D eigenvalue weighted by Gasteiger charge is 2.17. The Morgan fingerprint density at radius 2 is 2.07 bits per heavy atom. The molecule has 0 fully saturated rings. The third-order valence-electron chi connectivity index (χ3n) is 3.28. The second-order valence-corrected chi connectivity index (χ2v) is 4.08. The van der Waals surface area contributed by atoms with Crippen LogP contribution in [0, 0.1) is 6.92 Å². The van der Waals surface area contributed by atoms with Crippen molar-refractivity contribution in [2.45, 2.75) is 32.6 Å². The maximum Gasteiger partial charge on any atom is 0.154 e. The van der Waals surface area contributed by atoms with Crippen molar-refractivity contribution in [3.05, 3.63) is 28.3 Å². The minimum Gasteiger partial charge on any atom is -0.496 e. The second-order valence-electron chi connectivity index (χ2n) is 4.08. The van der Waals surface area contributed by atoms with Gasteiger partial charge in [-0.15, -0.1) is 0 Å². The zero-order valence-electron chi connectivity index (χ0n) is 9.30. The Balaban J connectivity index is 2.61. The number of hydrogen-bond acceptors (Lipinski definition) is 2. The molecule has 0 unspecified atom stereocenters. The van der Waals surface area contributed by atoms with Crippen LogP contribution in [0.15, 0.2) is 6.07 Å². The molecule has 1 aromatic rings. The fraction of sp³-hybridized carbons (Fsp3) is 0.462. The van der Waals surface area contributed by atoms with Crippen molar-refractivity contribution in [3.8, 4) is 5.75 Å². The Labute approximate surface area is 90.3 Å². The lowest BCUT2D eigenvalue weighted by Crippen LogP contribution is -2.08. The molecule has 2 heteroatoms. The van der Waals surface area contributed by atoms with Crippen LogP contribution in [0.25, 0.3) is 0 Å². The van der Waals surface area contributed by atoms with Crippen LogP contribution >= 0.6 is 0 Å². The summed E-state index contributed by atoms with van der Waals surface area (Å²) in [5, 5.41) is 0. The van der Waals surface area contributed by atoms with Gasteiger partial charge in [-0.05, 0) is 55.4 Å². The molecule has 0 saturated heterocycles. The average Bonchev–Trinajstić information content (AvgIpc) is 2.29. The van der Waals surface area contributed by atoms with Crippen LogP contribution in [0.3, 0.4) is 0 Å². The van der Waals surface area contributed by atoms with Gasteiger partial charge >= 0.3 is 0 Å². The SMILES string of the molecule is COc1cc2c(c(C)c1C=O)CCCC2. The Bertz CT molecular complexity index is 394. The Hall–Kier alpha value is -1.31. The third kappa shape index (κ3) is 1.65. The van der Waals surface area contributed by atoms with Crippen LogP contribution in [0.5, 0.6) is 5.75 Å². The summed E-state index contributed by atoms with van der Waals surface area (Å²) in [5.41, 5.74) is 4.56. The van der Waals surface area contributed by atoms with Gasteiger partial charge in [-0.2, -0.15) is 0 Å². The molecule has 0 heterocycles. The van der Waals surface area contributed by atoms with E-state index < -0.39 is 0 Å². The molecule has 0 radical (unpaired) electrons. The number of carbonyl (C=O) groups excluding carboxylic acids is 1. The van der Waals surface area contributed by atoms with Gasteiger partial charge in [0.25, 0.3) is 0 Å². The van der Waals surface area contributed by atoms with E-state index >= 15 is 0 Å². The number of methoxy groups -OCH3 is 1. The molecule has 0 aliphatic heterocycles. The maximum atomic E-state index is 11.0. The molecule has 2 nitrogen and oxygen atoms in total. The number of fused-ring (bicyclic) bond motifs is 1. The minimum atomic E-state index is 0.721. The van der Waals surface area contributed by atoms with E-state index in [4.69, 9.17) is 4.74 Å². The zero-order chi connectivity index (χ0) is 10.8. The van der Waals surface area contributed by atoms with Crippen LogP contribution in [0.4, 0.5) is 0 Å². The summed E-state index contributed by atoms with van der Waals surface area (Å²) in [6.45, 7) is 2.02. The highest BCUT2D eigenvalue weighted by Crippen LogP contribution is 2.31. The first-order valence-corrected chi connectivity index (χ1v) is 5.42. The fourth-order valence-electron chi connectivity index (χ4n) is 2.41. The molecule has 0 amide bonds. The number of aldehydes is 1. The zero-order valence-corrected chi connectivity index (χ0v) is 9.30. The number of carbonyl (C=O) groups is 1. The topological polar surface area (TPSA) is 26.3 Å². The standard InChI is InChI=1S/C13H16O2/c1-9-11-6-4-3-5-10(11)7-13(15-2)12(9)8-14/h7-8H,3-6H2,1-2H3. The lowest BCUT2D eigenvalue weighted by atomic mass is 9.86.